The van der Waals surface area contributed by atoms with Crippen LogP contribution in [0.5, 0.6) is 0 Å². The highest BCUT2D eigenvalue weighted by Crippen LogP contribution is 2.50. The van der Waals surface area contributed by atoms with Crippen LogP contribution in [0.15, 0.2) is 72.8 Å². The van der Waals surface area contributed by atoms with Gasteiger partial charge in [-0.05, 0) is 173 Å². The lowest BCUT2D eigenvalue weighted by Gasteiger charge is -2.39. The number of carbonyl (C=O) groups excluding carboxylic acids is 4. The summed E-state index contributed by atoms with van der Waals surface area (Å²) >= 11 is 0. The zero-order valence-corrected chi connectivity index (χ0v) is 51.4. The van der Waals surface area contributed by atoms with Crippen molar-refractivity contribution < 1.29 is 98.4 Å². The summed E-state index contributed by atoms with van der Waals surface area (Å²) in [5, 5.41) is 111. The fraction of sp³-hybridized carbons (Fsp3) is 0.471. The molecule has 5 heterocycles. The van der Waals surface area contributed by atoms with Crippen LogP contribution in [0.4, 0.5) is 0 Å². The molecule has 4 aliphatic carbocycles. The standard InChI is InChI=1S/C68H72N8O20/c77-49(29-5-13-37(61(81)82)45(21-29)65(89)90)25-1-9-33-41(17-25)57-69-53(33)73-58-42-18-26(50(78)30-6-14-38(62(83)84)46(22-30)66(91)92)2-10-34(42)55(70-58)75-60-44-20-28(52(80)32-8-16-40(64(87)88)48(24-32)68(95)96)4-12-36(44)56(72-60)76-59-43-19-27(3-11-35(43)54(71-59)74-57)51(79)31-7-15-39(63(85)86)47(23-31)67(93)94/h5-8,13-16,21-28,33-36,41-44,53-60,69-76H,1-4,9-12,17-20H2,(H,81,82)(H,83,84)(H,85,86)(H,87,88)(H,89,90)(H,91,92)(H,93,94)(H,95,96). The first-order valence-corrected chi connectivity index (χ1v) is 32.5. The Morgan fingerprint density at radius 3 is 0.562 bits per heavy atom. The molecule has 0 radical (unpaired) electrons. The minimum absolute atomic E-state index is 0.0547. The summed E-state index contributed by atoms with van der Waals surface area (Å²) in [4.78, 5) is 156. The van der Waals surface area contributed by atoms with Crippen molar-refractivity contribution in [2.24, 2.45) is 71.0 Å². The maximum atomic E-state index is 14.6. The molecule has 28 heteroatoms. The predicted octanol–water partition coefficient (Wildman–Crippen LogP) is 4.63. The monoisotopic (exact) mass is 1320 g/mol. The average molecular weight is 1320 g/mol. The average Bonchev–Trinajstić information content (AvgIpc) is 1.60. The third-order valence-electron chi connectivity index (χ3n) is 22.7. The second-order valence-electron chi connectivity index (χ2n) is 27.4. The number of carboxylic acids is 8. The van der Waals surface area contributed by atoms with Crippen molar-refractivity contribution >= 4 is 70.9 Å². The van der Waals surface area contributed by atoms with E-state index < -0.39 is 165 Å². The normalized spacial score (nSPS) is 33.4. The van der Waals surface area contributed by atoms with Crippen molar-refractivity contribution in [2.45, 2.75) is 126 Å². The van der Waals surface area contributed by atoms with E-state index in [1.165, 1.54) is 24.3 Å². The van der Waals surface area contributed by atoms with Crippen LogP contribution in [0.25, 0.3) is 0 Å². The van der Waals surface area contributed by atoms with Gasteiger partial charge in [0, 0.05) is 45.9 Å². The predicted molar refractivity (Wildman–Crippen MR) is 331 cm³/mol. The van der Waals surface area contributed by atoms with Crippen molar-refractivity contribution in [3.05, 3.63) is 140 Å². The van der Waals surface area contributed by atoms with Crippen LogP contribution in [0, 0.1) is 71.0 Å². The summed E-state index contributed by atoms with van der Waals surface area (Å²) in [5.41, 5.74) is -3.74. The Balaban J connectivity index is 0.856. The molecule has 13 rings (SSSR count). The molecule has 0 spiro atoms. The van der Waals surface area contributed by atoms with E-state index in [2.05, 4.69) is 42.5 Å². The number of carbonyl (C=O) groups is 12. The number of nitrogens with one attached hydrogen (secondary N) is 8. The third kappa shape index (κ3) is 12.1. The van der Waals surface area contributed by atoms with Crippen molar-refractivity contribution in [1.82, 2.24) is 42.5 Å². The quantitative estimate of drug-likeness (QED) is 0.0680. The molecule has 5 aliphatic heterocycles. The number of Topliss-reactive ketones (excluding diaryl/α,β-unsaturated/α-hetero) is 4. The van der Waals surface area contributed by atoms with Gasteiger partial charge in [0.25, 0.3) is 0 Å². The summed E-state index contributed by atoms with van der Waals surface area (Å²) in [6, 6.07) is 14.2. The zero-order valence-electron chi connectivity index (χ0n) is 51.4. The highest BCUT2D eigenvalue weighted by atomic mass is 16.4. The molecule has 5 saturated heterocycles. The molecule has 4 saturated carbocycles. The van der Waals surface area contributed by atoms with Crippen molar-refractivity contribution in [3.63, 3.8) is 0 Å². The molecule has 12 unspecified atom stereocenters. The molecule has 12 atom stereocenters. The fourth-order valence-corrected chi connectivity index (χ4v) is 18.2. The largest absolute Gasteiger partial charge is 0.478 e. The number of hydrogen-bond donors (Lipinski definition) is 16. The molecule has 0 aromatic heterocycles. The van der Waals surface area contributed by atoms with Gasteiger partial charge in [0.15, 0.2) is 23.1 Å². The Bertz CT molecular complexity index is 3490. The lowest BCUT2D eigenvalue weighted by Crippen LogP contribution is -2.61. The Kier molecular flexibility index (Phi) is 17.7. The Morgan fingerprint density at radius 1 is 0.229 bits per heavy atom. The summed E-state index contributed by atoms with van der Waals surface area (Å²) in [5.74, 6) is -17.4. The summed E-state index contributed by atoms with van der Waals surface area (Å²) in [6.07, 6.45) is 0.933. The van der Waals surface area contributed by atoms with E-state index >= 15 is 0 Å². The lowest BCUT2D eigenvalue weighted by atomic mass is 9.69. The molecule has 9 aliphatic rings. The molecule has 4 aromatic carbocycles. The van der Waals surface area contributed by atoms with E-state index in [0.29, 0.717) is 77.0 Å². The van der Waals surface area contributed by atoms with Crippen LogP contribution in [0.2, 0.25) is 0 Å². The maximum absolute atomic E-state index is 14.6. The number of benzene rings is 4. The van der Waals surface area contributed by atoms with Crippen LogP contribution < -0.4 is 42.5 Å². The Morgan fingerprint density at radius 2 is 0.396 bits per heavy atom. The molecule has 0 amide bonds. The minimum Gasteiger partial charge on any atom is -0.478 e. The molecule has 28 nitrogen and oxygen atoms in total. The SMILES string of the molecule is O=C(O)c1ccc(C(=O)C2CCC3C4NC(NC5NC(NC6NC(NC7NC(N4)C4CC(C(=O)c8ccc(C(=O)O)c(C(=O)O)c8)CCC74)C4CC(C(=O)c7ccc(C(=O)O)c(C(=O)O)c7)CCC64)C4CC(C(=O)c6ccc(C(=O)O)c(C(=O)O)c6)CCC54)C3C2)cc1C(=O)O. The lowest BCUT2D eigenvalue weighted by molar-refractivity contribution is 0.0650. The van der Waals surface area contributed by atoms with E-state index in [-0.39, 0.29) is 92.7 Å². The molecular formula is C68H72N8O20. The topological polar surface area (TPSA) is 463 Å². The van der Waals surface area contributed by atoms with E-state index in [1.54, 1.807) is 0 Å². The number of hydrogen-bond acceptors (Lipinski definition) is 20. The first-order valence-electron chi connectivity index (χ1n) is 32.5. The van der Waals surface area contributed by atoms with Gasteiger partial charge in [-0.2, -0.15) is 0 Å². The Labute approximate surface area is 546 Å². The summed E-state index contributed by atoms with van der Waals surface area (Å²) in [7, 11) is 0. The fourth-order valence-electron chi connectivity index (χ4n) is 18.2. The van der Waals surface area contributed by atoms with Gasteiger partial charge in [-0.3, -0.25) is 61.7 Å². The van der Waals surface area contributed by atoms with Gasteiger partial charge in [-0.1, -0.05) is 24.3 Å². The van der Waals surface area contributed by atoms with Gasteiger partial charge in [0.1, 0.15) is 0 Å². The van der Waals surface area contributed by atoms with E-state index in [1.807, 2.05) is 0 Å². The highest BCUT2D eigenvalue weighted by Gasteiger charge is 2.58. The molecule has 16 N–H and O–H groups in total. The van der Waals surface area contributed by atoms with E-state index in [4.69, 9.17) is 0 Å². The maximum Gasteiger partial charge on any atom is 0.336 e. The number of carboxylic acid groups (broad SMARTS) is 8. The van der Waals surface area contributed by atoms with Gasteiger partial charge in [0.05, 0.1) is 93.8 Å². The van der Waals surface area contributed by atoms with Gasteiger partial charge in [-0.25, -0.2) is 38.4 Å². The smallest absolute Gasteiger partial charge is 0.336 e. The Hall–Kier alpha value is -9.00. The number of ketones is 4. The van der Waals surface area contributed by atoms with Crippen LogP contribution in [-0.4, -0.2) is 161 Å². The van der Waals surface area contributed by atoms with Crippen molar-refractivity contribution in [2.75, 3.05) is 0 Å². The van der Waals surface area contributed by atoms with Crippen molar-refractivity contribution in [1.29, 1.82) is 0 Å². The van der Waals surface area contributed by atoms with Gasteiger partial charge in [-0.15, -0.1) is 0 Å². The molecule has 8 bridgehead atoms. The second-order valence-corrected chi connectivity index (χ2v) is 27.4. The number of rotatable bonds is 16. The molecule has 9 fully saturated rings. The number of aromatic carboxylic acids is 8. The minimum atomic E-state index is -1.50. The summed E-state index contributed by atoms with van der Waals surface area (Å²) in [6.45, 7) is 0. The van der Waals surface area contributed by atoms with E-state index in [9.17, 15) is 98.4 Å². The summed E-state index contributed by atoms with van der Waals surface area (Å²) < 4.78 is 0. The van der Waals surface area contributed by atoms with Gasteiger partial charge < -0.3 is 40.9 Å². The van der Waals surface area contributed by atoms with Crippen LogP contribution in [0.1, 0.15) is 201 Å². The van der Waals surface area contributed by atoms with Crippen LogP contribution in [0.3, 0.4) is 0 Å². The first kappa shape index (κ1) is 65.7. The zero-order chi connectivity index (χ0) is 68.0. The molecule has 4 aromatic rings. The van der Waals surface area contributed by atoms with Crippen LogP contribution in [-0.2, 0) is 0 Å². The van der Waals surface area contributed by atoms with Crippen LogP contribution >= 0.6 is 0 Å². The third-order valence-corrected chi connectivity index (χ3v) is 22.7. The molecule has 504 valence electrons. The highest BCUT2D eigenvalue weighted by molar-refractivity contribution is 6.09. The number of fused-ring (bicyclic) bond motifs is 20. The van der Waals surface area contributed by atoms with E-state index in [0.717, 1.165) is 48.5 Å². The molecule has 96 heavy (non-hydrogen) atoms. The van der Waals surface area contributed by atoms with Crippen molar-refractivity contribution in [3.8, 4) is 0 Å². The molecular weight excluding hydrogens is 1250 g/mol. The van der Waals surface area contributed by atoms with Gasteiger partial charge in [0.2, 0.25) is 0 Å². The van der Waals surface area contributed by atoms with Gasteiger partial charge >= 0.3 is 47.8 Å². The first-order chi connectivity index (χ1) is 45.8. The second kappa shape index (κ2) is 25.9.